The number of ether oxygens (including phenoxy) is 1. The number of carbonyl (C=O) groups excluding carboxylic acids is 2. The molecule has 0 saturated carbocycles. The van der Waals surface area contributed by atoms with Crippen molar-refractivity contribution in [1.29, 1.82) is 0 Å². The van der Waals surface area contributed by atoms with Crippen LogP contribution in [-0.4, -0.2) is 72.6 Å². The van der Waals surface area contributed by atoms with Crippen LogP contribution in [0.4, 0.5) is 22.7 Å². The molecule has 0 radical (unpaired) electrons. The number of likely N-dealkylation sites (N-methyl/N-ethyl adjacent to an activating group) is 1. The highest BCUT2D eigenvalue weighted by Gasteiger charge is 2.34. The Morgan fingerprint density at radius 3 is 2.00 bits per heavy atom. The molecule has 0 saturated heterocycles. The van der Waals surface area contributed by atoms with E-state index in [0.29, 0.717) is 44.7 Å². The van der Waals surface area contributed by atoms with Gasteiger partial charge in [-0.25, -0.2) is 0 Å². The molecule has 3 aromatic carbocycles. The largest absolute Gasteiger partial charge is 0.379 e. The predicted molar refractivity (Wildman–Crippen MR) is 151 cm³/mol. The van der Waals surface area contributed by atoms with Crippen LogP contribution in [-0.2, 0) is 4.74 Å². The summed E-state index contributed by atoms with van der Waals surface area (Å²) >= 11 is 0. The van der Waals surface area contributed by atoms with Crippen molar-refractivity contribution in [3.63, 3.8) is 0 Å². The molecule has 0 fully saturated rings. The standard InChI is InChI=1S/C30H36N4O3/c1-6-37-20-19-33(2)18-17-31-25-15-16-26(32-21-11-13-22(14-12-21)34(3,4)5)28-27(25)29(35)23-9-7-8-10-24(23)30(28)36/h7-16H,6,17-20H2,1-5H3,(H-,31,32,35,36)/p+2. The molecule has 3 aromatic rings. The van der Waals surface area contributed by atoms with Crippen LogP contribution >= 0.6 is 0 Å². The smallest absolute Gasteiger partial charge is 0.196 e. The van der Waals surface area contributed by atoms with Crippen molar-refractivity contribution in [3.8, 4) is 0 Å². The van der Waals surface area contributed by atoms with Gasteiger partial charge < -0.3 is 20.3 Å². The molecule has 0 aliphatic heterocycles. The van der Waals surface area contributed by atoms with Gasteiger partial charge in [-0.2, -0.15) is 0 Å². The Morgan fingerprint density at radius 2 is 1.41 bits per heavy atom. The Bertz CT molecular complexity index is 1280. The van der Waals surface area contributed by atoms with E-state index in [1.807, 2.05) is 31.2 Å². The molecule has 7 nitrogen and oxygen atoms in total. The van der Waals surface area contributed by atoms with Gasteiger partial charge in [0, 0.05) is 41.2 Å². The van der Waals surface area contributed by atoms with Gasteiger partial charge in [0.05, 0.1) is 64.7 Å². The number of nitrogens with one attached hydrogen (secondary N) is 3. The highest BCUT2D eigenvalue weighted by atomic mass is 16.5. The number of rotatable bonds is 11. The molecule has 1 atom stereocenters. The molecule has 1 aliphatic carbocycles. The number of nitrogens with zero attached hydrogens (tertiary/aromatic N) is 1. The molecular weight excluding hydrogens is 464 g/mol. The van der Waals surface area contributed by atoms with Crippen LogP contribution in [0, 0.1) is 0 Å². The van der Waals surface area contributed by atoms with E-state index in [0.717, 1.165) is 32.0 Å². The molecular formula is C30H38N4O3+2. The van der Waals surface area contributed by atoms with Crippen LogP contribution in [0.1, 0.15) is 38.8 Å². The minimum atomic E-state index is -0.140. The first-order chi connectivity index (χ1) is 17.7. The average molecular weight is 503 g/mol. The van der Waals surface area contributed by atoms with Crippen LogP contribution in [0.15, 0.2) is 60.7 Å². The second-order valence-electron chi connectivity index (χ2n) is 10.4. The van der Waals surface area contributed by atoms with Crippen molar-refractivity contribution in [3.05, 3.63) is 82.9 Å². The van der Waals surface area contributed by atoms with Gasteiger partial charge in [-0.3, -0.25) is 14.1 Å². The Labute approximate surface area is 219 Å². The Hall–Kier alpha value is -3.52. The lowest BCUT2D eigenvalue weighted by Gasteiger charge is -2.25. The number of fused-ring (bicyclic) bond motifs is 2. The second kappa shape index (κ2) is 11.3. The molecule has 0 heterocycles. The fraction of sp³-hybridized carbons (Fsp3) is 0.333. The third-order valence-corrected chi connectivity index (χ3v) is 6.74. The molecule has 0 aromatic heterocycles. The number of carbonyl (C=O) groups is 2. The maximum atomic E-state index is 13.7. The summed E-state index contributed by atoms with van der Waals surface area (Å²) in [7, 11) is 8.47. The summed E-state index contributed by atoms with van der Waals surface area (Å²) in [5, 5.41) is 6.82. The highest BCUT2D eigenvalue weighted by Crippen LogP contribution is 2.37. The number of quaternary nitrogens is 2. The number of hydrogen-bond acceptors (Lipinski definition) is 5. The summed E-state index contributed by atoms with van der Waals surface area (Å²) in [5.74, 6) is -0.271. The van der Waals surface area contributed by atoms with E-state index in [-0.39, 0.29) is 11.6 Å². The third-order valence-electron chi connectivity index (χ3n) is 6.74. The average Bonchev–Trinajstić information content (AvgIpc) is 2.88. The monoisotopic (exact) mass is 502 g/mol. The van der Waals surface area contributed by atoms with E-state index >= 15 is 0 Å². The summed E-state index contributed by atoms with van der Waals surface area (Å²) < 4.78 is 6.17. The predicted octanol–water partition coefficient (Wildman–Crippen LogP) is 3.37. The molecule has 1 unspecified atom stereocenters. The first-order valence-corrected chi connectivity index (χ1v) is 12.9. The minimum Gasteiger partial charge on any atom is -0.379 e. The molecule has 0 spiro atoms. The van der Waals surface area contributed by atoms with Crippen molar-refractivity contribution >= 4 is 34.3 Å². The van der Waals surface area contributed by atoms with Crippen LogP contribution in [0.3, 0.4) is 0 Å². The van der Waals surface area contributed by atoms with E-state index in [1.54, 1.807) is 24.3 Å². The van der Waals surface area contributed by atoms with Crippen molar-refractivity contribution < 1.29 is 19.2 Å². The van der Waals surface area contributed by atoms with Crippen LogP contribution in [0.2, 0.25) is 0 Å². The maximum absolute atomic E-state index is 13.7. The SMILES string of the molecule is CCOCC[NH+](C)CCNc1ccc(Nc2ccc([N+](C)(C)C)cc2)c2c1C(=O)c1ccccc1C2=O. The second-order valence-corrected chi connectivity index (χ2v) is 10.4. The molecule has 1 aliphatic rings. The minimum absolute atomic E-state index is 0.131. The Morgan fingerprint density at radius 1 is 0.811 bits per heavy atom. The van der Waals surface area contributed by atoms with E-state index in [4.69, 9.17) is 4.74 Å². The zero-order chi connectivity index (χ0) is 26.6. The van der Waals surface area contributed by atoms with E-state index in [9.17, 15) is 9.59 Å². The van der Waals surface area contributed by atoms with Crippen molar-refractivity contribution in [2.45, 2.75) is 6.92 Å². The molecule has 7 heteroatoms. The van der Waals surface area contributed by atoms with E-state index in [1.165, 1.54) is 10.6 Å². The molecule has 4 rings (SSSR count). The zero-order valence-corrected chi connectivity index (χ0v) is 22.5. The van der Waals surface area contributed by atoms with Gasteiger partial charge in [0.2, 0.25) is 0 Å². The molecule has 3 N–H and O–H groups in total. The van der Waals surface area contributed by atoms with Crippen LogP contribution < -0.4 is 20.0 Å². The van der Waals surface area contributed by atoms with Crippen molar-refractivity contribution in [2.24, 2.45) is 0 Å². The summed E-state index contributed by atoms with van der Waals surface area (Å²) in [4.78, 5) is 28.7. The number of anilines is 3. The van der Waals surface area contributed by atoms with Gasteiger partial charge in [0.25, 0.3) is 0 Å². The fourth-order valence-electron chi connectivity index (χ4n) is 4.55. The third kappa shape index (κ3) is 5.91. The van der Waals surface area contributed by atoms with Crippen molar-refractivity contribution in [1.82, 2.24) is 4.48 Å². The van der Waals surface area contributed by atoms with Crippen molar-refractivity contribution in [2.75, 3.05) is 71.7 Å². The fourth-order valence-corrected chi connectivity index (χ4v) is 4.55. The van der Waals surface area contributed by atoms with Crippen LogP contribution in [0.5, 0.6) is 0 Å². The topological polar surface area (TPSA) is 71.9 Å². The summed E-state index contributed by atoms with van der Waals surface area (Å²) in [6, 6.07) is 19.0. The summed E-state index contributed by atoms with van der Waals surface area (Å²) in [5.41, 5.74) is 5.09. The van der Waals surface area contributed by atoms with Gasteiger partial charge in [-0.1, -0.05) is 24.3 Å². The summed E-state index contributed by atoms with van der Waals surface area (Å²) in [6.45, 7) is 5.88. The maximum Gasteiger partial charge on any atom is 0.196 e. The highest BCUT2D eigenvalue weighted by molar-refractivity contribution is 6.32. The molecule has 37 heavy (non-hydrogen) atoms. The first kappa shape index (κ1) is 26.5. The first-order valence-electron chi connectivity index (χ1n) is 12.9. The number of hydrogen-bond donors (Lipinski definition) is 3. The van der Waals surface area contributed by atoms with Gasteiger partial charge >= 0.3 is 0 Å². The van der Waals surface area contributed by atoms with Gasteiger partial charge in [0.1, 0.15) is 12.2 Å². The normalized spacial score (nSPS) is 13.6. The Kier molecular flexibility index (Phi) is 8.07. The van der Waals surface area contributed by atoms with Gasteiger partial charge in [-0.15, -0.1) is 0 Å². The lowest BCUT2D eigenvalue weighted by Crippen LogP contribution is -3.10. The lowest BCUT2D eigenvalue weighted by atomic mass is 9.82. The number of ketones is 2. The van der Waals surface area contributed by atoms with Crippen LogP contribution in [0.25, 0.3) is 0 Å². The van der Waals surface area contributed by atoms with E-state index in [2.05, 4.69) is 51.0 Å². The lowest BCUT2D eigenvalue weighted by molar-refractivity contribution is -0.878. The van der Waals surface area contributed by atoms with E-state index < -0.39 is 0 Å². The Balaban J connectivity index is 1.64. The number of benzene rings is 3. The van der Waals surface area contributed by atoms with Gasteiger partial charge in [-0.05, 0) is 31.2 Å². The quantitative estimate of drug-likeness (QED) is 0.217. The molecule has 194 valence electrons. The zero-order valence-electron chi connectivity index (χ0n) is 22.5. The molecule has 0 amide bonds. The summed E-state index contributed by atoms with van der Waals surface area (Å²) in [6.07, 6.45) is 0. The van der Waals surface area contributed by atoms with Gasteiger partial charge in [0.15, 0.2) is 11.6 Å². The molecule has 0 bridgehead atoms.